The maximum absolute atomic E-state index is 11.5. The Labute approximate surface area is 96.4 Å². The Bertz CT molecular complexity index is 640. The molecular formula is C12H7N3O2. The Morgan fingerprint density at radius 3 is 2.24 bits per heavy atom. The van der Waals surface area contributed by atoms with E-state index in [1.165, 1.54) is 0 Å². The lowest BCUT2D eigenvalue weighted by Crippen LogP contribution is -2.27. The van der Waals surface area contributed by atoms with Crippen molar-refractivity contribution in [2.75, 3.05) is 4.90 Å². The van der Waals surface area contributed by atoms with Gasteiger partial charge in [-0.25, -0.2) is 14.5 Å². The van der Waals surface area contributed by atoms with Gasteiger partial charge in [0.2, 0.25) is 0 Å². The van der Waals surface area contributed by atoms with Gasteiger partial charge in [-0.05, 0) is 11.5 Å². The molecule has 1 heterocycles. The summed E-state index contributed by atoms with van der Waals surface area (Å²) in [6.45, 7) is 0. The molecule has 4 amide bonds. The van der Waals surface area contributed by atoms with Gasteiger partial charge < -0.3 is 0 Å². The summed E-state index contributed by atoms with van der Waals surface area (Å²) < 4.78 is 0. The second-order valence-corrected chi connectivity index (χ2v) is 3.60. The van der Waals surface area contributed by atoms with Gasteiger partial charge in [-0.2, -0.15) is 0 Å². The number of amides is 4. The fourth-order valence-corrected chi connectivity index (χ4v) is 1.87. The smallest absolute Gasteiger partial charge is 0.243 e. The van der Waals surface area contributed by atoms with Gasteiger partial charge >= 0.3 is 12.1 Å². The van der Waals surface area contributed by atoms with Crippen LogP contribution >= 0.6 is 0 Å². The molecule has 1 aliphatic rings. The van der Waals surface area contributed by atoms with E-state index in [0.29, 0.717) is 5.69 Å². The first-order valence-corrected chi connectivity index (χ1v) is 5.05. The zero-order valence-corrected chi connectivity index (χ0v) is 8.70. The van der Waals surface area contributed by atoms with Crippen molar-refractivity contribution in [3.8, 4) is 0 Å². The largest absolute Gasteiger partial charge is 0.375 e. The fourth-order valence-electron chi connectivity index (χ4n) is 1.87. The summed E-state index contributed by atoms with van der Waals surface area (Å²) in [7, 11) is 0. The number of urea groups is 2. The Morgan fingerprint density at radius 1 is 0.824 bits per heavy atom. The summed E-state index contributed by atoms with van der Waals surface area (Å²) in [6.07, 6.45) is 0. The highest BCUT2D eigenvalue weighted by atomic mass is 16.2. The van der Waals surface area contributed by atoms with E-state index >= 15 is 0 Å². The minimum Gasteiger partial charge on any atom is -0.243 e. The van der Waals surface area contributed by atoms with Gasteiger partial charge in [-0.3, -0.25) is 0 Å². The number of benzene rings is 2. The quantitative estimate of drug-likeness (QED) is 0.747. The molecule has 0 aliphatic carbocycles. The van der Waals surface area contributed by atoms with E-state index in [-0.39, 0.29) is 0 Å². The molecule has 0 atom stereocenters. The topological polar surface area (TPSA) is 62.1 Å². The number of carbonyl (C=O) groups excluding carboxylic acids is 2. The molecule has 2 aromatic carbocycles. The SMILES string of the molecule is O=C1N=NC(=O)N1c1cccc2ccccc12. The van der Waals surface area contributed by atoms with Crippen molar-refractivity contribution in [1.29, 1.82) is 0 Å². The molecule has 5 heteroatoms. The van der Waals surface area contributed by atoms with Gasteiger partial charge in [0.15, 0.2) is 0 Å². The number of fused-ring (bicyclic) bond motifs is 1. The van der Waals surface area contributed by atoms with Gasteiger partial charge in [0.05, 0.1) is 5.69 Å². The van der Waals surface area contributed by atoms with E-state index in [0.717, 1.165) is 15.7 Å². The second-order valence-electron chi connectivity index (χ2n) is 3.60. The van der Waals surface area contributed by atoms with E-state index in [2.05, 4.69) is 10.2 Å². The number of anilines is 1. The van der Waals surface area contributed by atoms with Crippen molar-refractivity contribution in [2.24, 2.45) is 10.2 Å². The Balaban J connectivity index is 2.24. The molecule has 0 saturated heterocycles. The molecule has 5 nitrogen and oxygen atoms in total. The first kappa shape index (κ1) is 9.65. The maximum Gasteiger partial charge on any atom is 0.375 e. The second kappa shape index (κ2) is 3.48. The van der Waals surface area contributed by atoms with Gasteiger partial charge in [0.25, 0.3) is 0 Å². The number of nitrogens with zero attached hydrogens (tertiary/aromatic N) is 3. The van der Waals surface area contributed by atoms with Crippen molar-refractivity contribution >= 4 is 28.5 Å². The van der Waals surface area contributed by atoms with Crippen LogP contribution in [0.2, 0.25) is 0 Å². The van der Waals surface area contributed by atoms with Crippen LogP contribution in [0.15, 0.2) is 52.7 Å². The molecule has 0 aromatic heterocycles. The summed E-state index contributed by atoms with van der Waals surface area (Å²) in [5.74, 6) is 0. The van der Waals surface area contributed by atoms with E-state index in [9.17, 15) is 9.59 Å². The molecule has 1 aliphatic heterocycles. The van der Waals surface area contributed by atoms with E-state index in [4.69, 9.17) is 0 Å². The van der Waals surface area contributed by atoms with Gasteiger partial charge in [0, 0.05) is 5.39 Å². The highest BCUT2D eigenvalue weighted by Gasteiger charge is 2.29. The summed E-state index contributed by atoms with van der Waals surface area (Å²) in [6, 6.07) is 11.6. The van der Waals surface area contributed by atoms with Crippen molar-refractivity contribution in [3.63, 3.8) is 0 Å². The lowest BCUT2D eigenvalue weighted by Gasteiger charge is -2.13. The molecule has 2 aromatic rings. The predicted molar refractivity (Wildman–Crippen MR) is 62.1 cm³/mol. The summed E-state index contributed by atoms with van der Waals surface area (Å²) >= 11 is 0. The molecule has 82 valence electrons. The number of hydrogen-bond donors (Lipinski definition) is 0. The van der Waals surface area contributed by atoms with Crippen molar-refractivity contribution in [2.45, 2.75) is 0 Å². The normalized spacial score (nSPS) is 14.9. The fraction of sp³-hybridized carbons (Fsp3) is 0. The molecule has 0 bridgehead atoms. The Hall–Kier alpha value is -2.56. The number of imide groups is 1. The van der Waals surface area contributed by atoms with Crippen LogP contribution in [0.3, 0.4) is 0 Å². The van der Waals surface area contributed by atoms with Crippen LogP contribution in [0.1, 0.15) is 0 Å². The van der Waals surface area contributed by atoms with Crippen LogP contribution in [0.25, 0.3) is 10.8 Å². The summed E-state index contributed by atoms with van der Waals surface area (Å²) in [5.41, 5.74) is 0.517. The molecule has 0 fully saturated rings. The standard InChI is InChI=1S/C12H7N3O2/c16-11-13-14-12(17)15(11)10-7-3-5-8-4-1-2-6-9(8)10/h1-7H. The van der Waals surface area contributed by atoms with Crippen LogP contribution in [0.5, 0.6) is 0 Å². The van der Waals surface area contributed by atoms with Crippen LogP contribution in [-0.2, 0) is 0 Å². The first-order valence-electron chi connectivity index (χ1n) is 5.05. The zero-order chi connectivity index (χ0) is 11.8. The highest BCUT2D eigenvalue weighted by molar-refractivity contribution is 6.20. The molecule has 0 spiro atoms. The van der Waals surface area contributed by atoms with Crippen LogP contribution in [0, 0.1) is 0 Å². The third-order valence-corrected chi connectivity index (χ3v) is 2.61. The zero-order valence-electron chi connectivity index (χ0n) is 8.70. The van der Waals surface area contributed by atoms with E-state index in [1.807, 2.05) is 30.3 Å². The van der Waals surface area contributed by atoms with Crippen LogP contribution in [0.4, 0.5) is 15.3 Å². The molecule has 17 heavy (non-hydrogen) atoms. The molecule has 3 rings (SSSR count). The van der Waals surface area contributed by atoms with Crippen LogP contribution < -0.4 is 4.90 Å². The number of rotatable bonds is 1. The average Bonchev–Trinajstić information content (AvgIpc) is 2.69. The first-order chi connectivity index (χ1) is 8.27. The van der Waals surface area contributed by atoms with Gasteiger partial charge in [-0.15, -0.1) is 0 Å². The molecular weight excluding hydrogens is 218 g/mol. The third kappa shape index (κ3) is 1.40. The lowest BCUT2D eigenvalue weighted by atomic mass is 10.1. The van der Waals surface area contributed by atoms with E-state index in [1.54, 1.807) is 12.1 Å². The molecule has 0 saturated carbocycles. The third-order valence-electron chi connectivity index (χ3n) is 2.61. The average molecular weight is 225 g/mol. The predicted octanol–water partition coefficient (Wildman–Crippen LogP) is 3.35. The van der Waals surface area contributed by atoms with Crippen LogP contribution in [-0.4, -0.2) is 12.1 Å². The maximum atomic E-state index is 11.5. The minimum absolute atomic E-state index is 0.517. The highest BCUT2D eigenvalue weighted by Crippen LogP contribution is 2.29. The summed E-state index contributed by atoms with van der Waals surface area (Å²) in [5, 5.41) is 8.27. The lowest BCUT2D eigenvalue weighted by molar-refractivity contribution is 0.249. The van der Waals surface area contributed by atoms with E-state index < -0.39 is 12.1 Å². The monoisotopic (exact) mass is 225 g/mol. The molecule has 0 radical (unpaired) electrons. The van der Waals surface area contributed by atoms with Gasteiger partial charge in [0.1, 0.15) is 0 Å². The Morgan fingerprint density at radius 2 is 1.47 bits per heavy atom. The summed E-state index contributed by atoms with van der Waals surface area (Å²) in [4.78, 5) is 23.9. The van der Waals surface area contributed by atoms with Crippen molar-refractivity contribution < 1.29 is 9.59 Å². The molecule has 0 N–H and O–H groups in total. The molecule has 0 unspecified atom stereocenters. The number of carbonyl (C=O) groups is 2. The van der Waals surface area contributed by atoms with Crippen molar-refractivity contribution in [3.05, 3.63) is 42.5 Å². The van der Waals surface area contributed by atoms with Gasteiger partial charge in [-0.1, -0.05) is 46.6 Å². The minimum atomic E-state index is -0.647. The number of hydrogen-bond acceptors (Lipinski definition) is 2. The number of azo groups is 1. The van der Waals surface area contributed by atoms with Crippen molar-refractivity contribution in [1.82, 2.24) is 0 Å². The Kier molecular flexibility index (Phi) is 1.98.